The predicted molar refractivity (Wildman–Crippen MR) is 116 cm³/mol. The van der Waals surface area contributed by atoms with Crippen molar-refractivity contribution in [2.24, 2.45) is 0 Å². The van der Waals surface area contributed by atoms with Gasteiger partial charge in [0.25, 0.3) is 0 Å². The Balaban J connectivity index is 1.43. The van der Waals surface area contributed by atoms with E-state index in [1.54, 1.807) is 14.2 Å². The molecule has 1 aliphatic rings. The second-order valence-electron chi connectivity index (χ2n) is 7.49. The lowest BCUT2D eigenvalue weighted by atomic mass is 10.0. The van der Waals surface area contributed by atoms with Gasteiger partial charge in [0.15, 0.2) is 0 Å². The number of furan rings is 1. The van der Waals surface area contributed by atoms with Crippen molar-refractivity contribution in [1.29, 1.82) is 0 Å². The Labute approximate surface area is 177 Å². The molecular formula is C25H27NO4. The first-order valence-electron chi connectivity index (χ1n) is 10.3. The summed E-state index contributed by atoms with van der Waals surface area (Å²) >= 11 is 0. The highest BCUT2D eigenvalue weighted by Gasteiger charge is 2.31. The molecule has 0 radical (unpaired) electrons. The minimum atomic E-state index is 0.0369. The molecule has 156 valence electrons. The quantitative estimate of drug-likeness (QED) is 0.538. The molecule has 1 fully saturated rings. The first-order valence-corrected chi connectivity index (χ1v) is 10.3. The number of methoxy groups -OCH3 is 2. The number of ether oxygens (including phenoxy) is 2. The first-order chi connectivity index (χ1) is 14.7. The van der Waals surface area contributed by atoms with Crippen LogP contribution in [0.4, 0.5) is 0 Å². The average Bonchev–Trinajstić information content (AvgIpc) is 3.47. The summed E-state index contributed by atoms with van der Waals surface area (Å²) in [4.78, 5) is 15.0. The Morgan fingerprint density at radius 2 is 1.90 bits per heavy atom. The number of rotatable bonds is 7. The van der Waals surface area contributed by atoms with E-state index < -0.39 is 0 Å². The summed E-state index contributed by atoms with van der Waals surface area (Å²) < 4.78 is 16.8. The lowest BCUT2D eigenvalue weighted by Gasteiger charge is -2.26. The van der Waals surface area contributed by atoms with Gasteiger partial charge in [-0.1, -0.05) is 30.3 Å². The summed E-state index contributed by atoms with van der Waals surface area (Å²) in [6.45, 7) is 0.770. The van der Waals surface area contributed by atoms with E-state index in [2.05, 4.69) is 0 Å². The third-order valence-electron chi connectivity index (χ3n) is 5.68. The molecule has 0 bridgehead atoms. The first kappa shape index (κ1) is 20.1. The third kappa shape index (κ3) is 4.20. The van der Waals surface area contributed by atoms with E-state index >= 15 is 0 Å². The highest BCUT2D eigenvalue weighted by atomic mass is 16.5. The Bertz CT molecular complexity index is 995. The van der Waals surface area contributed by atoms with E-state index in [1.165, 1.54) is 0 Å². The number of aryl methyl sites for hydroxylation is 1. The van der Waals surface area contributed by atoms with Gasteiger partial charge in [-0.15, -0.1) is 0 Å². The fourth-order valence-corrected chi connectivity index (χ4v) is 4.13. The van der Waals surface area contributed by atoms with Crippen LogP contribution in [0.1, 0.15) is 36.6 Å². The number of hydrogen-bond acceptors (Lipinski definition) is 4. The molecule has 2 heterocycles. The highest BCUT2D eigenvalue weighted by Crippen LogP contribution is 2.39. The molecule has 30 heavy (non-hydrogen) atoms. The van der Waals surface area contributed by atoms with Gasteiger partial charge in [0.05, 0.1) is 20.3 Å². The van der Waals surface area contributed by atoms with E-state index in [0.717, 1.165) is 53.5 Å². The number of likely N-dealkylation sites (tertiary alicyclic amines) is 1. The number of amides is 1. The van der Waals surface area contributed by atoms with E-state index in [1.807, 2.05) is 65.6 Å². The van der Waals surface area contributed by atoms with Gasteiger partial charge in [0.2, 0.25) is 5.91 Å². The minimum absolute atomic E-state index is 0.0369. The van der Waals surface area contributed by atoms with Crippen LogP contribution in [0.3, 0.4) is 0 Å². The standard InChI is InChI=1S/C25H27NO4/c1-28-20-10-13-21(24(17-20)29-2)22-9-6-16-26(22)25(27)15-12-19-11-14-23(30-19)18-7-4-3-5-8-18/h3-5,7-8,10-11,13-14,17,22H,6,9,12,15-16H2,1-2H3. The maximum absolute atomic E-state index is 13.0. The monoisotopic (exact) mass is 405 g/mol. The van der Waals surface area contributed by atoms with Crippen molar-refractivity contribution < 1.29 is 18.7 Å². The summed E-state index contributed by atoms with van der Waals surface area (Å²) in [5.41, 5.74) is 2.08. The lowest BCUT2D eigenvalue weighted by molar-refractivity contribution is -0.132. The van der Waals surface area contributed by atoms with Crippen LogP contribution in [0.2, 0.25) is 0 Å². The Morgan fingerprint density at radius 3 is 2.67 bits per heavy atom. The zero-order valence-corrected chi connectivity index (χ0v) is 17.5. The van der Waals surface area contributed by atoms with Crippen molar-refractivity contribution >= 4 is 5.91 Å². The number of carbonyl (C=O) groups is 1. The van der Waals surface area contributed by atoms with Gasteiger partial charge in [-0.05, 0) is 37.1 Å². The summed E-state index contributed by atoms with van der Waals surface area (Å²) in [6.07, 6.45) is 2.95. The molecule has 1 aliphatic heterocycles. The Morgan fingerprint density at radius 1 is 1.07 bits per heavy atom. The minimum Gasteiger partial charge on any atom is -0.497 e. The van der Waals surface area contributed by atoms with Gasteiger partial charge >= 0.3 is 0 Å². The van der Waals surface area contributed by atoms with Crippen LogP contribution in [0.25, 0.3) is 11.3 Å². The van der Waals surface area contributed by atoms with Crippen molar-refractivity contribution in [3.05, 3.63) is 72.0 Å². The molecule has 2 aromatic carbocycles. The molecule has 0 spiro atoms. The van der Waals surface area contributed by atoms with Gasteiger partial charge in [0, 0.05) is 36.6 Å². The topological polar surface area (TPSA) is 51.9 Å². The molecular weight excluding hydrogens is 378 g/mol. The van der Waals surface area contributed by atoms with E-state index in [4.69, 9.17) is 13.9 Å². The Hall–Kier alpha value is -3.21. The molecule has 5 heteroatoms. The summed E-state index contributed by atoms with van der Waals surface area (Å²) in [5, 5.41) is 0. The van der Waals surface area contributed by atoms with Crippen molar-refractivity contribution in [1.82, 2.24) is 4.90 Å². The average molecular weight is 405 g/mol. The van der Waals surface area contributed by atoms with Crippen LogP contribution in [-0.2, 0) is 11.2 Å². The molecule has 0 N–H and O–H groups in total. The van der Waals surface area contributed by atoms with E-state index in [0.29, 0.717) is 12.8 Å². The Kier molecular flexibility index (Phi) is 6.07. The normalized spacial score (nSPS) is 15.9. The molecule has 1 atom stereocenters. The molecule has 3 aromatic rings. The second kappa shape index (κ2) is 9.08. The van der Waals surface area contributed by atoms with E-state index in [9.17, 15) is 4.79 Å². The predicted octanol–water partition coefficient (Wildman–Crippen LogP) is 5.26. The van der Waals surface area contributed by atoms with Crippen LogP contribution in [0, 0.1) is 0 Å². The lowest BCUT2D eigenvalue weighted by Crippen LogP contribution is -2.30. The van der Waals surface area contributed by atoms with Crippen molar-refractivity contribution in [2.45, 2.75) is 31.7 Å². The third-order valence-corrected chi connectivity index (χ3v) is 5.68. The molecule has 0 saturated carbocycles. The van der Waals surface area contributed by atoms with Crippen molar-refractivity contribution in [2.75, 3.05) is 20.8 Å². The van der Waals surface area contributed by atoms with Gasteiger partial charge in [0.1, 0.15) is 23.0 Å². The number of hydrogen-bond donors (Lipinski definition) is 0. The molecule has 0 aliphatic carbocycles. The molecule has 1 amide bonds. The van der Waals surface area contributed by atoms with Crippen molar-refractivity contribution in [3.8, 4) is 22.8 Å². The summed E-state index contributed by atoms with van der Waals surface area (Å²) in [7, 11) is 3.29. The van der Waals surface area contributed by atoms with Crippen LogP contribution in [-0.4, -0.2) is 31.6 Å². The molecule has 1 aromatic heterocycles. The summed E-state index contributed by atoms with van der Waals surface area (Å²) in [5.74, 6) is 3.32. The highest BCUT2D eigenvalue weighted by molar-refractivity contribution is 5.77. The number of nitrogens with zero attached hydrogens (tertiary/aromatic N) is 1. The SMILES string of the molecule is COc1ccc(C2CCCN2C(=O)CCc2ccc(-c3ccccc3)o2)c(OC)c1. The smallest absolute Gasteiger partial charge is 0.223 e. The zero-order chi connectivity index (χ0) is 20.9. The molecule has 1 unspecified atom stereocenters. The van der Waals surface area contributed by atoms with Gasteiger partial charge < -0.3 is 18.8 Å². The zero-order valence-electron chi connectivity index (χ0n) is 17.5. The van der Waals surface area contributed by atoms with Gasteiger partial charge in [-0.2, -0.15) is 0 Å². The maximum Gasteiger partial charge on any atom is 0.223 e. The maximum atomic E-state index is 13.0. The fourth-order valence-electron chi connectivity index (χ4n) is 4.13. The van der Waals surface area contributed by atoms with E-state index in [-0.39, 0.29) is 11.9 Å². The van der Waals surface area contributed by atoms with Crippen LogP contribution >= 0.6 is 0 Å². The largest absolute Gasteiger partial charge is 0.497 e. The molecule has 4 rings (SSSR count). The van der Waals surface area contributed by atoms with Crippen LogP contribution in [0.15, 0.2) is 65.1 Å². The van der Waals surface area contributed by atoms with Crippen LogP contribution < -0.4 is 9.47 Å². The number of carbonyl (C=O) groups excluding carboxylic acids is 1. The second-order valence-corrected chi connectivity index (χ2v) is 7.49. The molecule has 1 saturated heterocycles. The van der Waals surface area contributed by atoms with Gasteiger partial charge in [-0.3, -0.25) is 4.79 Å². The van der Waals surface area contributed by atoms with Crippen molar-refractivity contribution in [3.63, 3.8) is 0 Å². The molecule has 5 nitrogen and oxygen atoms in total. The number of benzene rings is 2. The summed E-state index contributed by atoms with van der Waals surface area (Å²) in [6, 6.07) is 19.8. The van der Waals surface area contributed by atoms with Gasteiger partial charge in [-0.25, -0.2) is 0 Å². The van der Waals surface area contributed by atoms with Crippen LogP contribution in [0.5, 0.6) is 11.5 Å². The fraction of sp³-hybridized carbons (Fsp3) is 0.320.